The number of ether oxygens (including phenoxy) is 2. The van der Waals surface area contributed by atoms with Gasteiger partial charge in [0.15, 0.2) is 12.4 Å². The fourth-order valence-corrected chi connectivity index (χ4v) is 7.33. The summed E-state index contributed by atoms with van der Waals surface area (Å²) < 4.78 is 11.5. The van der Waals surface area contributed by atoms with Crippen LogP contribution in [-0.2, 0) is 23.9 Å². The van der Waals surface area contributed by atoms with Crippen LogP contribution in [0.25, 0.3) is 0 Å². The van der Waals surface area contributed by atoms with Gasteiger partial charge in [-0.15, -0.1) is 0 Å². The average molecular weight is 427 g/mol. The van der Waals surface area contributed by atoms with Crippen molar-refractivity contribution in [1.29, 1.82) is 0 Å². The number of hydrogen-bond donors (Lipinski definition) is 0. The number of hydrogen-bond acceptors (Lipinski definition) is 5. The number of ketones is 2. The molecule has 5 nitrogen and oxygen atoms in total. The van der Waals surface area contributed by atoms with Gasteiger partial charge in [-0.25, -0.2) is 0 Å². The Balaban J connectivity index is 1.75. The van der Waals surface area contributed by atoms with Gasteiger partial charge in [0.1, 0.15) is 5.60 Å². The van der Waals surface area contributed by atoms with Crippen molar-refractivity contribution in [2.45, 2.75) is 65.9 Å². The lowest BCUT2D eigenvalue weighted by Gasteiger charge is -2.54. The minimum absolute atomic E-state index is 0.0338. The number of carbonyl (C=O) groups excluding carboxylic acids is 3. The summed E-state index contributed by atoms with van der Waals surface area (Å²) in [4.78, 5) is 36.9. The van der Waals surface area contributed by atoms with Gasteiger partial charge >= 0.3 is 5.97 Å². The van der Waals surface area contributed by atoms with Gasteiger partial charge in [0, 0.05) is 24.4 Å². The summed E-state index contributed by atoms with van der Waals surface area (Å²) in [7, 11) is 0. The van der Waals surface area contributed by atoms with Crippen molar-refractivity contribution < 1.29 is 23.9 Å². The predicted octanol–water partition coefficient (Wildman–Crippen LogP) is 4.37. The Kier molecular flexibility index (Phi) is 5.40. The lowest BCUT2D eigenvalue weighted by molar-refractivity contribution is -0.179. The number of esters is 1. The summed E-state index contributed by atoms with van der Waals surface area (Å²) in [6.45, 7) is 9.99. The molecule has 2 fully saturated rings. The summed E-state index contributed by atoms with van der Waals surface area (Å²) in [5, 5.41) is 0. The highest BCUT2D eigenvalue weighted by Crippen LogP contribution is 2.67. The summed E-state index contributed by atoms with van der Waals surface area (Å²) >= 11 is 0. The molecule has 0 aromatic rings. The Labute approximate surface area is 184 Å². The van der Waals surface area contributed by atoms with Crippen molar-refractivity contribution in [3.8, 4) is 0 Å². The van der Waals surface area contributed by atoms with E-state index in [1.165, 1.54) is 18.1 Å². The third kappa shape index (κ3) is 3.03. The molecular weight excluding hydrogens is 392 g/mol. The molecule has 0 radical (unpaired) electrons. The van der Waals surface area contributed by atoms with E-state index in [0.717, 1.165) is 25.7 Å². The van der Waals surface area contributed by atoms with Gasteiger partial charge in [0.25, 0.3) is 0 Å². The third-order valence-corrected chi connectivity index (χ3v) is 8.68. The molecule has 0 aromatic heterocycles. The highest BCUT2D eigenvalue weighted by Gasteiger charge is 2.68. The number of carbonyl (C=O) groups is 3. The molecule has 0 spiro atoms. The van der Waals surface area contributed by atoms with Crippen molar-refractivity contribution in [2.24, 2.45) is 28.6 Å². The second kappa shape index (κ2) is 7.54. The summed E-state index contributed by atoms with van der Waals surface area (Å²) in [6, 6.07) is 0. The van der Waals surface area contributed by atoms with E-state index in [2.05, 4.69) is 32.9 Å². The van der Waals surface area contributed by atoms with Crippen LogP contribution in [0.5, 0.6) is 0 Å². The average Bonchev–Trinajstić information content (AvgIpc) is 2.94. The summed E-state index contributed by atoms with van der Waals surface area (Å²) in [6.07, 6.45) is 11.4. The quantitative estimate of drug-likeness (QED) is 0.482. The van der Waals surface area contributed by atoms with Crippen LogP contribution in [0.1, 0.15) is 60.3 Å². The topological polar surface area (TPSA) is 69.7 Å². The lowest BCUT2D eigenvalue weighted by atomic mass is 9.51. The minimum Gasteiger partial charge on any atom is -0.458 e. The molecule has 0 saturated heterocycles. The zero-order chi connectivity index (χ0) is 22.6. The molecular formula is C26H34O5. The van der Waals surface area contributed by atoms with Crippen molar-refractivity contribution >= 4 is 17.5 Å². The van der Waals surface area contributed by atoms with Crippen LogP contribution in [0, 0.1) is 28.6 Å². The molecule has 6 atom stereocenters. The van der Waals surface area contributed by atoms with Gasteiger partial charge in [-0.2, -0.15) is 0 Å². The van der Waals surface area contributed by atoms with E-state index >= 15 is 0 Å². The maximum atomic E-state index is 13.5. The van der Waals surface area contributed by atoms with Crippen molar-refractivity contribution in [3.05, 3.63) is 35.5 Å². The largest absolute Gasteiger partial charge is 0.458 e. The Morgan fingerprint density at radius 2 is 2.00 bits per heavy atom. The zero-order valence-corrected chi connectivity index (χ0v) is 19.3. The number of Topliss-reactive ketones (excluding diaryl/α,β-unsaturated/α-hetero) is 1. The zero-order valence-electron chi connectivity index (χ0n) is 19.3. The van der Waals surface area contributed by atoms with E-state index in [1.54, 1.807) is 6.08 Å². The molecule has 31 heavy (non-hydrogen) atoms. The first kappa shape index (κ1) is 22.2. The molecule has 2 saturated carbocycles. The standard InChI is InChI=1S/C26H34O5/c1-6-31-26(23(29)15-30-17(3)27)16(2)13-22-20-8-7-18-14-19(28)9-11-24(18,4)21(20)10-12-25(22,26)5/h9-11,14,16,20,22H,6-8,12-13,15H2,1-5H3/t16-,20?,22?,24+,25+,26+/m1/s1. The first-order valence-corrected chi connectivity index (χ1v) is 11.6. The summed E-state index contributed by atoms with van der Waals surface area (Å²) in [5.41, 5.74) is 1.07. The molecule has 0 N–H and O–H groups in total. The van der Waals surface area contributed by atoms with Crippen LogP contribution in [0.2, 0.25) is 0 Å². The van der Waals surface area contributed by atoms with E-state index in [-0.39, 0.29) is 34.9 Å². The smallest absolute Gasteiger partial charge is 0.303 e. The first-order valence-electron chi connectivity index (χ1n) is 11.6. The van der Waals surface area contributed by atoms with Crippen molar-refractivity contribution in [3.63, 3.8) is 0 Å². The molecule has 0 aliphatic heterocycles. The normalized spacial score (nSPS) is 40.9. The van der Waals surface area contributed by atoms with Crippen LogP contribution < -0.4 is 0 Å². The molecule has 4 aliphatic rings. The molecule has 4 rings (SSSR count). The Hall–Kier alpha value is -2.01. The van der Waals surface area contributed by atoms with Gasteiger partial charge in [0.05, 0.1) is 0 Å². The second-order valence-corrected chi connectivity index (χ2v) is 10.1. The van der Waals surface area contributed by atoms with Gasteiger partial charge in [-0.05, 0) is 69.4 Å². The molecule has 4 aliphatic carbocycles. The molecule has 0 amide bonds. The van der Waals surface area contributed by atoms with E-state index in [1.807, 2.05) is 13.0 Å². The maximum Gasteiger partial charge on any atom is 0.303 e. The second-order valence-electron chi connectivity index (χ2n) is 10.1. The van der Waals surface area contributed by atoms with E-state index in [0.29, 0.717) is 18.4 Å². The monoisotopic (exact) mass is 426 g/mol. The number of rotatable bonds is 5. The SMILES string of the molecule is CCO[C@]1(C(=O)COC(C)=O)[C@H](C)CC2C3CCC4=CC(=O)C=C[C@]4(C)C3=CC[C@@]21C. The van der Waals surface area contributed by atoms with E-state index in [4.69, 9.17) is 9.47 Å². The molecule has 5 heteroatoms. The predicted molar refractivity (Wildman–Crippen MR) is 117 cm³/mol. The molecule has 2 unspecified atom stereocenters. The first-order chi connectivity index (χ1) is 14.6. The van der Waals surface area contributed by atoms with Gasteiger partial charge in [-0.1, -0.05) is 37.1 Å². The fraction of sp³-hybridized carbons (Fsp3) is 0.654. The Bertz CT molecular complexity index is 911. The van der Waals surface area contributed by atoms with Crippen LogP contribution in [0.3, 0.4) is 0 Å². The molecule has 0 aromatic carbocycles. The molecule has 0 bridgehead atoms. The van der Waals surface area contributed by atoms with Crippen LogP contribution in [0.4, 0.5) is 0 Å². The fourth-order valence-electron chi connectivity index (χ4n) is 7.33. The molecule has 168 valence electrons. The van der Waals surface area contributed by atoms with Gasteiger partial charge < -0.3 is 9.47 Å². The number of allylic oxidation sites excluding steroid dienone is 6. The number of fused-ring (bicyclic) bond motifs is 5. The highest BCUT2D eigenvalue weighted by atomic mass is 16.5. The minimum atomic E-state index is -0.959. The van der Waals surface area contributed by atoms with Crippen LogP contribution in [-0.4, -0.2) is 36.4 Å². The van der Waals surface area contributed by atoms with Gasteiger partial charge in [-0.3, -0.25) is 14.4 Å². The summed E-state index contributed by atoms with van der Waals surface area (Å²) in [5.74, 6) is 0.199. The lowest BCUT2D eigenvalue weighted by Crippen LogP contribution is -2.59. The van der Waals surface area contributed by atoms with Crippen molar-refractivity contribution in [2.75, 3.05) is 13.2 Å². The van der Waals surface area contributed by atoms with Crippen molar-refractivity contribution in [1.82, 2.24) is 0 Å². The third-order valence-electron chi connectivity index (χ3n) is 8.68. The van der Waals surface area contributed by atoms with E-state index in [9.17, 15) is 14.4 Å². The Morgan fingerprint density at radius 3 is 2.68 bits per heavy atom. The maximum absolute atomic E-state index is 13.5. The van der Waals surface area contributed by atoms with Crippen LogP contribution >= 0.6 is 0 Å². The Morgan fingerprint density at radius 1 is 1.26 bits per heavy atom. The highest BCUT2D eigenvalue weighted by molar-refractivity contribution is 6.01. The van der Waals surface area contributed by atoms with Crippen LogP contribution in [0.15, 0.2) is 35.5 Å². The van der Waals surface area contributed by atoms with Gasteiger partial charge in [0.2, 0.25) is 5.78 Å². The van der Waals surface area contributed by atoms with E-state index < -0.39 is 11.6 Å². The molecule has 0 heterocycles.